The second kappa shape index (κ2) is 6.20. The van der Waals surface area contributed by atoms with Gasteiger partial charge in [0, 0.05) is 18.2 Å². The van der Waals surface area contributed by atoms with E-state index in [4.69, 9.17) is 16.3 Å². The van der Waals surface area contributed by atoms with Crippen molar-refractivity contribution in [3.05, 3.63) is 57.6 Å². The molecule has 0 aliphatic heterocycles. The van der Waals surface area contributed by atoms with Crippen LogP contribution in [0.25, 0.3) is 0 Å². The molecule has 22 heavy (non-hydrogen) atoms. The highest BCUT2D eigenvalue weighted by Crippen LogP contribution is 2.29. The van der Waals surface area contributed by atoms with Gasteiger partial charge in [-0.2, -0.15) is 0 Å². The summed E-state index contributed by atoms with van der Waals surface area (Å²) in [6, 6.07) is 9.04. The predicted molar refractivity (Wildman–Crippen MR) is 81.9 cm³/mol. The monoisotopic (exact) mass is 342 g/mol. The number of hydrogen-bond acceptors (Lipinski definition) is 5. The number of halogens is 1. The molecular formula is C13H11ClN2O5S. The van der Waals surface area contributed by atoms with E-state index < -0.39 is 14.9 Å². The summed E-state index contributed by atoms with van der Waals surface area (Å²) in [4.78, 5) is 9.85. The lowest BCUT2D eigenvalue weighted by Crippen LogP contribution is -2.13. The molecule has 0 aliphatic rings. The van der Waals surface area contributed by atoms with Gasteiger partial charge in [-0.25, -0.2) is 8.42 Å². The molecule has 1 N–H and O–H groups in total. The Balaban J connectivity index is 2.33. The molecule has 0 heterocycles. The first-order chi connectivity index (χ1) is 10.3. The normalized spacial score (nSPS) is 11.0. The fourth-order valence-corrected chi connectivity index (χ4v) is 2.95. The maximum atomic E-state index is 12.3. The van der Waals surface area contributed by atoms with Crippen LogP contribution in [0.1, 0.15) is 0 Å². The Labute approximate surface area is 131 Å². The Hall–Kier alpha value is -2.32. The van der Waals surface area contributed by atoms with E-state index in [9.17, 15) is 18.5 Å². The summed E-state index contributed by atoms with van der Waals surface area (Å²) in [6.07, 6.45) is 0. The van der Waals surface area contributed by atoms with Crippen molar-refractivity contribution in [3.8, 4) is 5.75 Å². The number of ether oxygens (including phenoxy) is 1. The van der Waals surface area contributed by atoms with Gasteiger partial charge < -0.3 is 4.74 Å². The average Bonchev–Trinajstić information content (AvgIpc) is 2.49. The minimum Gasteiger partial charge on any atom is -0.497 e. The van der Waals surface area contributed by atoms with Crippen molar-refractivity contribution in [3.63, 3.8) is 0 Å². The molecule has 0 saturated heterocycles. The maximum Gasteiger partial charge on any atom is 0.269 e. The van der Waals surface area contributed by atoms with Crippen molar-refractivity contribution >= 4 is 33.0 Å². The fourth-order valence-electron chi connectivity index (χ4n) is 1.66. The van der Waals surface area contributed by atoms with Gasteiger partial charge in [-0.3, -0.25) is 14.8 Å². The molecule has 2 aromatic carbocycles. The summed E-state index contributed by atoms with van der Waals surface area (Å²) in [6.45, 7) is 0. The van der Waals surface area contributed by atoms with Crippen LogP contribution in [0.3, 0.4) is 0 Å². The molecule has 0 aliphatic carbocycles. The molecule has 0 amide bonds. The molecule has 9 heteroatoms. The van der Waals surface area contributed by atoms with Gasteiger partial charge in [0.25, 0.3) is 15.7 Å². The standard InChI is InChI=1S/C13H11ClN2O5S/c1-21-10-4-7-12(14)13(8-10)15-22(19,20)11-5-2-9(3-6-11)16(17)18/h2-8,15H,1H3. The molecule has 2 aromatic rings. The zero-order valence-corrected chi connectivity index (χ0v) is 12.9. The first-order valence-corrected chi connectivity index (χ1v) is 7.80. The molecule has 0 aromatic heterocycles. The van der Waals surface area contributed by atoms with Crippen molar-refractivity contribution < 1.29 is 18.1 Å². The van der Waals surface area contributed by atoms with Gasteiger partial charge in [-0.05, 0) is 24.3 Å². The molecule has 7 nitrogen and oxygen atoms in total. The number of methoxy groups -OCH3 is 1. The quantitative estimate of drug-likeness (QED) is 0.665. The average molecular weight is 343 g/mol. The van der Waals surface area contributed by atoms with E-state index in [2.05, 4.69) is 4.72 Å². The third-order valence-corrected chi connectivity index (χ3v) is 4.49. The second-order valence-corrected chi connectivity index (χ2v) is 6.29. The first kappa shape index (κ1) is 16.1. The van der Waals surface area contributed by atoms with E-state index in [1.807, 2.05) is 0 Å². The van der Waals surface area contributed by atoms with Crippen molar-refractivity contribution in [2.75, 3.05) is 11.8 Å². The maximum absolute atomic E-state index is 12.3. The SMILES string of the molecule is COc1ccc(Cl)c(NS(=O)(=O)c2ccc([N+](=O)[O-])cc2)c1. The topological polar surface area (TPSA) is 98.5 Å². The van der Waals surface area contributed by atoms with Crippen LogP contribution in [0.4, 0.5) is 11.4 Å². The van der Waals surface area contributed by atoms with E-state index >= 15 is 0 Å². The van der Waals surface area contributed by atoms with Crippen LogP contribution in [0.15, 0.2) is 47.4 Å². The Morgan fingerprint density at radius 2 is 1.82 bits per heavy atom. The number of non-ortho nitro benzene ring substituents is 1. The molecular weight excluding hydrogens is 332 g/mol. The lowest BCUT2D eigenvalue weighted by molar-refractivity contribution is -0.384. The summed E-state index contributed by atoms with van der Waals surface area (Å²) in [7, 11) is -2.47. The van der Waals surface area contributed by atoms with Crippen molar-refractivity contribution in [2.45, 2.75) is 4.90 Å². The number of anilines is 1. The summed E-state index contributed by atoms with van der Waals surface area (Å²) in [5.74, 6) is 0.436. The smallest absolute Gasteiger partial charge is 0.269 e. The predicted octanol–water partition coefficient (Wildman–Crippen LogP) is 3.06. The molecule has 0 unspecified atom stereocenters. The molecule has 0 radical (unpaired) electrons. The second-order valence-electron chi connectivity index (χ2n) is 4.20. The van der Waals surface area contributed by atoms with Gasteiger partial charge in [0.2, 0.25) is 0 Å². The molecule has 0 spiro atoms. The van der Waals surface area contributed by atoms with E-state index in [0.29, 0.717) is 5.75 Å². The highest BCUT2D eigenvalue weighted by atomic mass is 35.5. The van der Waals surface area contributed by atoms with Gasteiger partial charge in [-0.15, -0.1) is 0 Å². The van der Waals surface area contributed by atoms with Crippen LogP contribution in [0, 0.1) is 10.1 Å². The molecule has 116 valence electrons. The Bertz CT molecular complexity index is 806. The van der Waals surface area contributed by atoms with E-state index in [0.717, 1.165) is 24.3 Å². The highest BCUT2D eigenvalue weighted by Gasteiger charge is 2.17. The van der Waals surface area contributed by atoms with Crippen LogP contribution < -0.4 is 9.46 Å². The van der Waals surface area contributed by atoms with E-state index in [1.54, 1.807) is 6.07 Å². The first-order valence-electron chi connectivity index (χ1n) is 5.94. The lowest BCUT2D eigenvalue weighted by atomic mass is 10.3. The molecule has 2 rings (SSSR count). The Morgan fingerprint density at radius 1 is 1.18 bits per heavy atom. The van der Waals surface area contributed by atoms with Crippen LogP contribution >= 0.6 is 11.6 Å². The van der Waals surface area contributed by atoms with Crippen molar-refractivity contribution in [2.24, 2.45) is 0 Å². The van der Waals surface area contributed by atoms with Gasteiger partial charge in [0.05, 0.1) is 27.6 Å². The van der Waals surface area contributed by atoms with Gasteiger partial charge in [-0.1, -0.05) is 11.6 Å². The minimum absolute atomic E-state index is 0.114. The number of nitrogens with zero attached hydrogens (tertiary/aromatic N) is 1. The Morgan fingerprint density at radius 3 is 2.36 bits per heavy atom. The number of sulfonamides is 1. The minimum atomic E-state index is -3.92. The summed E-state index contributed by atoms with van der Waals surface area (Å²) < 4.78 is 31.8. The molecule has 0 bridgehead atoms. The largest absolute Gasteiger partial charge is 0.497 e. The number of hydrogen-bond donors (Lipinski definition) is 1. The van der Waals surface area contributed by atoms with Crippen LogP contribution in [0.5, 0.6) is 5.75 Å². The highest BCUT2D eigenvalue weighted by molar-refractivity contribution is 7.92. The van der Waals surface area contributed by atoms with Crippen molar-refractivity contribution in [1.82, 2.24) is 0 Å². The summed E-state index contributed by atoms with van der Waals surface area (Å²) >= 11 is 5.94. The molecule has 0 fully saturated rings. The zero-order chi connectivity index (χ0) is 16.3. The number of nitrogens with one attached hydrogen (secondary N) is 1. The number of rotatable bonds is 5. The fraction of sp³-hybridized carbons (Fsp3) is 0.0769. The van der Waals surface area contributed by atoms with Crippen molar-refractivity contribution in [1.29, 1.82) is 0 Å². The lowest BCUT2D eigenvalue weighted by Gasteiger charge is -2.11. The van der Waals surface area contributed by atoms with Gasteiger partial charge in [0.15, 0.2) is 0 Å². The number of benzene rings is 2. The van der Waals surface area contributed by atoms with Gasteiger partial charge >= 0.3 is 0 Å². The van der Waals surface area contributed by atoms with E-state index in [1.165, 1.54) is 19.2 Å². The zero-order valence-electron chi connectivity index (χ0n) is 11.3. The molecule has 0 atom stereocenters. The van der Waals surface area contributed by atoms with Crippen LogP contribution in [-0.4, -0.2) is 20.5 Å². The Kier molecular flexibility index (Phi) is 4.53. The number of nitro groups is 1. The third kappa shape index (κ3) is 3.46. The van der Waals surface area contributed by atoms with E-state index in [-0.39, 0.29) is 21.3 Å². The summed E-state index contributed by atoms with van der Waals surface area (Å²) in [5, 5.41) is 10.8. The van der Waals surface area contributed by atoms with Crippen LogP contribution in [0.2, 0.25) is 5.02 Å². The third-order valence-electron chi connectivity index (χ3n) is 2.78. The van der Waals surface area contributed by atoms with Gasteiger partial charge in [0.1, 0.15) is 5.75 Å². The number of nitro benzene ring substituents is 1. The molecule has 0 saturated carbocycles. The van der Waals surface area contributed by atoms with Crippen LogP contribution in [-0.2, 0) is 10.0 Å². The summed E-state index contributed by atoms with van der Waals surface area (Å²) in [5.41, 5.74) is -0.0438.